The van der Waals surface area contributed by atoms with E-state index in [1.807, 2.05) is 18.2 Å². The maximum Gasteiger partial charge on any atom is 0.193 e. The number of benzene rings is 2. The predicted octanol–water partition coefficient (Wildman–Crippen LogP) is 5.64. The Balaban J connectivity index is 1.50. The van der Waals surface area contributed by atoms with Gasteiger partial charge in [0.15, 0.2) is 11.0 Å². The van der Waals surface area contributed by atoms with Gasteiger partial charge < -0.3 is 13.9 Å². The van der Waals surface area contributed by atoms with Crippen LogP contribution in [0.25, 0.3) is 22.3 Å². The fraction of sp³-hybridized carbons (Fsp3) is 0.304. The van der Waals surface area contributed by atoms with Crippen LogP contribution in [0.3, 0.4) is 0 Å². The Hall–Kier alpha value is -2.15. The molecule has 0 amide bonds. The molecule has 0 aliphatic heterocycles. The fourth-order valence-electron chi connectivity index (χ4n) is 3.49. The average Bonchev–Trinajstić information content (AvgIpc) is 2.67. The van der Waals surface area contributed by atoms with Crippen LogP contribution in [0.15, 0.2) is 56.1 Å². The molecule has 0 radical (unpaired) electrons. The van der Waals surface area contributed by atoms with Crippen LogP contribution < -0.4 is 10.2 Å². The van der Waals surface area contributed by atoms with E-state index in [4.69, 9.17) is 25.5 Å². The van der Waals surface area contributed by atoms with Crippen LogP contribution in [0.5, 0.6) is 5.75 Å². The van der Waals surface area contributed by atoms with Crippen molar-refractivity contribution in [3.63, 3.8) is 0 Å². The van der Waals surface area contributed by atoms with Crippen LogP contribution in [0.2, 0.25) is 5.02 Å². The Morgan fingerprint density at radius 2 is 2.00 bits per heavy atom. The minimum atomic E-state index is -0.170. The zero-order valence-corrected chi connectivity index (χ0v) is 18.7. The minimum Gasteiger partial charge on any atom is -0.490 e. The van der Waals surface area contributed by atoms with E-state index >= 15 is 0 Å². The first-order valence-corrected chi connectivity index (χ1v) is 10.9. The topological polar surface area (TPSA) is 65.7 Å². The van der Waals surface area contributed by atoms with Crippen molar-refractivity contribution < 1.29 is 18.7 Å². The highest BCUT2D eigenvalue weighted by molar-refractivity contribution is 9.10. The van der Waals surface area contributed by atoms with Crippen molar-refractivity contribution in [2.75, 3.05) is 13.2 Å². The summed E-state index contributed by atoms with van der Waals surface area (Å²) in [6.07, 6.45) is 1.67. The normalized spacial score (nSPS) is 18.2. The summed E-state index contributed by atoms with van der Waals surface area (Å²) in [6.45, 7) is 2.37. The largest absolute Gasteiger partial charge is 0.490 e. The van der Waals surface area contributed by atoms with Crippen LogP contribution in [-0.4, -0.2) is 25.1 Å². The van der Waals surface area contributed by atoms with E-state index in [0.29, 0.717) is 46.3 Å². The maximum absolute atomic E-state index is 12.5. The highest BCUT2D eigenvalue weighted by Gasteiger charge is 2.32. The molecule has 2 aromatic carbocycles. The standard InChI is InChI=1S/C23H20BrClO5/c1-13(26)14-9-16(10-14)28-7-8-29-21-11-15(24)5-6-18(21)22-12-20(27)17-3-2-4-19(25)23(17)30-22/h2-6,11-12,14,16H,7-10H2,1H3/t14-,16+. The molecular formula is C23H20BrClO5. The summed E-state index contributed by atoms with van der Waals surface area (Å²) in [4.78, 5) is 23.8. The van der Waals surface area contributed by atoms with Crippen LogP contribution in [-0.2, 0) is 9.53 Å². The molecule has 0 saturated heterocycles. The number of hydrogen-bond donors (Lipinski definition) is 0. The lowest BCUT2D eigenvalue weighted by Gasteiger charge is -2.33. The first-order valence-electron chi connectivity index (χ1n) is 9.69. The van der Waals surface area contributed by atoms with Crippen molar-refractivity contribution in [3.05, 3.63) is 62.2 Å². The van der Waals surface area contributed by atoms with Gasteiger partial charge in [0.25, 0.3) is 0 Å². The number of fused-ring (bicyclic) bond motifs is 1. The van der Waals surface area contributed by atoms with Gasteiger partial charge in [-0.2, -0.15) is 0 Å². The van der Waals surface area contributed by atoms with E-state index in [2.05, 4.69) is 15.9 Å². The molecule has 1 aliphatic rings. The average molecular weight is 492 g/mol. The fourth-order valence-corrected chi connectivity index (χ4v) is 4.05. The first kappa shape index (κ1) is 21.1. The zero-order chi connectivity index (χ0) is 21.3. The molecule has 1 aliphatic carbocycles. The molecule has 30 heavy (non-hydrogen) atoms. The molecule has 156 valence electrons. The van der Waals surface area contributed by atoms with Crippen molar-refractivity contribution in [2.24, 2.45) is 5.92 Å². The summed E-state index contributed by atoms with van der Waals surface area (Å²) in [5.41, 5.74) is 0.831. The monoisotopic (exact) mass is 490 g/mol. The number of Topliss-reactive ketones (excluding diaryl/α,β-unsaturated/α-hetero) is 1. The van der Waals surface area contributed by atoms with Crippen LogP contribution in [0, 0.1) is 5.92 Å². The molecular weight excluding hydrogens is 472 g/mol. The van der Waals surface area contributed by atoms with Gasteiger partial charge in [-0.3, -0.25) is 9.59 Å². The van der Waals surface area contributed by atoms with Crippen molar-refractivity contribution in [3.8, 4) is 17.1 Å². The van der Waals surface area contributed by atoms with Crippen molar-refractivity contribution in [1.82, 2.24) is 0 Å². The van der Waals surface area contributed by atoms with E-state index in [9.17, 15) is 9.59 Å². The molecule has 0 bridgehead atoms. The molecule has 0 N–H and O–H groups in total. The van der Waals surface area contributed by atoms with E-state index in [-0.39, 0.29) is 23.2 Å². The SMILES string of the molecule is CC(=O)[C@H]1C[C@@H](OCCOc2cc(Br)ccc2-c2cc(=O)c3cccc(Cl)c3o2)C1. The first-order chi connectivity index (χ1) is 14.4. The minimum absolute atomic E-state index is 0.116. The summed E-state index contributed by atoms with van der Waals surface area (Å²) in [5.74, 6) is 1.31. The van der Waals surface area contributed by atoms with E-state index in [1.54, 1.807) is 25.1 Å². The quantitative estimate of drug-likeness (QED) is 0.400. The predicted molar refractivity (Wildman–Crippen MR) is 119 cm³/mol. The molecule has 1 fully saturated rings. The van der Waals surface area contributed by atoms with Gasteiger partial charge in [0.1, 0.15) is 23.9 Å². The molecule has 5 nitrogen and oxygen atoms in total. The lowest BCUT2D eigenvalue weighted by molar-refractivity contribution is -0.129. The smallest absolute Gasteiger partial charge is 0.193 e. The number of rotatable bonds is 7. The molecule has 0 unspecified atom stereocenters. The van der Waals surface area contributed by atoms with Crippen LogP contribution in [0.4, 0.5) is 0 Å². The summed E-state index contributed by atoms with van der Waals surface area (Å²) in [6, 6.07) is 12.0. The van der Waals surface area contributed by atoms with Gasteiger partial charge in [0.05, 0.1) is 28.7 Å². The number of ketones is 1. The third kappa shape index (κ3) is 4.46. The summed E-state index contributed by atoms with van der Waals surface area (Å²) >= 11 is 9.68. The molecule has 7 heteroatoms. The maximum atomic E-state index is 12.5. The summed E-state index contributed by atoms with van der Waals surface area (Å²) in [5, 5.41) is 0.812. The highest BCUT2D eigenvalue weighted by atomic mass is 79.9. The second-order valence-corrected chi connectivity index (χ2v) is 8.68. The Labute approximate surface area is 187 Å². The second kappa shape index (κ2) is 8.92. The lowest BCUT2D eigenvalue weighted by atomic mass is 9.80. The van der Waals surface area contributed by atoms with Crippen molar-refractivity contribution in [2.45, 2.75) is 25.9 Å². The molecule has 0 atom stereocenters. The number of carbonyl (C=O) groups is 1. The van der Waals surface area contributed by atoms with Gasteiger partial charge in [0.2, 0.25) is 0 Å². The number of hydrogen-bond acceptors (Lipinski definition) is 5. The van der Waals surface area contributed by atoms with E-state index in [1.165, 1.54) is 6.07 Å². The van der Waals surface area contributed by atoms with Gasteiger partial charge in [-0.05, 0) is 50.1 Å². The Morgan fingerprint density at radius 3 is 2.77 bits per heavy atom. The molecule has 1 saturated carbocycles. The van der Waals surface area contributed by atoms with Gasteiger partial charge in [-0.25, -0.2) is 0 Å². The molecule has 0 spiro atoms. The number of para-hydroxylation sites is 1. The molecule has 1 heterocycles. The lowest BCUT2D eigenvalue weighted by Crippen LogP contribution is -2.36. The van der Waals surface area contributed by atoms with E-state index in [0.717, 1.165) is 17.3 Å². The Kier molecular flexibility index (Phi) is 6.27. The Morgan fingerprint density at radius 1 is 1.20 bits per heavy atom. The van der Waals surface area contributed by atoms with Gasteiger partial charge >= 0.3 is 0 Å². The third-order valence-electron chi connectivity index (χ3n) is 5.28. The van der Waals surface area contributed by atoms with Crippen LogP contribution in [0.1, 0.15) is 19.8 Å². The highest BCUT2D eigenvalue weighted by Crippen LogP contribution is 2.35. The number of carbonyl (C=O) groups excluding carboxylic acids is 1. The van der Waals surface area contributed by atoms with Crippen LogP contribution >= 0.6 is 27.5 Å². The zero-order valence-electron chi connectivity index (χ0n) is 16.3. The van der Waals surface area contributed by atoms with Crippen molar-refractivity contribution >= 4 is 44.3 Å². The third-order valence-corrected chi connectivity index (χ3v) is 6.07. The van der Waals surface area contributed by atoms with E-state index < -0.39 is 0 Å². The number of ether oxygens (including phenoxy) is 2. The Bertz CT molecular complexity index is 1150. The molecule has 1 aromatic heterocycles. The molecule has 4 rings (SSSR count). The summed E-state index contributed by atoms with van der Waals surface area (Å²) < 4.78 is 18.5. The number of halogens is 2. The van der Waals surface area contributed by atoms with Gasteiger partial charge in [-0.1, -0.05) is 33.6 Å². The summed E-state index contributed by atoms with van der Waals surface area (Å²) in [7, 11) is 0. The molecule has 3 aromatic rings. The van der Waals surface area contributed by atoms with Gasteiger partial charge in [-0.15, -0.1) is 0 Å². The van der Waals surface area contributed by atoms with Crippen molar-refractivity contribution in [1.29, 1.82) is 0 Å². The van der Waals surface area contributed by atoms with Gasteiger partial charge in [0, 0.05) is 16.5 Å². The second-order valence-electron chi connectivity index (χ2n) is 7.35.